The number of hydrogen-bond donors (Lipinski definition) is 2. The van der Waals surface area contributed by atoms with Gasteiger partial charge in [-0.1, -0.05) is 44.2 Å². The lowest BCUT2D eigenvalue weighted by molar-refractivity contribution is -0.160. The van der Waals surface area contributed by atoms with Crippen LogP contribution in [0.5, 0.6) is 11.5 Å². The van der Waals surface area contributed by atoms with Gasteiger partial charge in [-0.05, 0) is 58.2 Å². The Kier molecular flexibility index (Phi) is 12.4. The van der Waals surface area contributed by atoms with Crippen LogP contribution in [0.4, 0.5) is 4.79 Å². The zero-order chi connectivity index (χ0) is 32.4. The molecule has 2 rings (SSSR count). The predicted octanol–water partition coefficient (Wildman–Crippen LogP) is 4.65. The second-order valence-corrected chi connectivity index (χ2v) is 11.8. The zero-order valence-electron chi connectivity index (χ0n) is 26.4. The number of esters is 2. The third-order valence-electron chi connectivity index (χ3n) is 6.24. The Hall–Kier alpha value is -4.28. The molecule has 0 bridgehead atoms. The summed E-state index contributed by atoms with van der Waals surface area (Å²) in [5, 5.41) is 5.10. The maximum Gasteiger partial charge on any atom is 0.408 e. The molecule has 11 heteroatoms. The highest BCUT2D eigenvalue weighted by Gasteiger charge is 2.35. The summed E-state index contributed by atoms with van der Waals surface area (Å²) in [4.78, 5) is 52.2. The van der Waals surface area contributed by atoms with Crippen molar-refractivity contribution in [2.45, 2.75) is 84.8 Å². The molecule has 2 amide bonds. The summed E-state index contributed by atoms with van der Waals surface area (Å²) in [6.45, 7) is 11.9. The molecule has 0 heterocycles. The van der Waals surface area contributed by atoms with Gasteiger partial charge in [-0.15, -0.1) is 0 Å². The van der Waals surface area contributed by atoms with Gasteiger partial charge in [0.15, 0.2) is 0 Å². The van der Waals surface area contributed by atoms with Crippen LogP contribution in [0.25, 0.3) is 0 Å². The number of hydrogen-bond acceptors (Lipinski definition) is 9. The number of methoxy groups -OCH3 is 2. The molecular weight excluding hydrogens is 556 g/mol. The van der Waals surface area contributed by atoms with Crippen molar-refractivity contribution in [3.8, 4) is 11.5 Å². The van der Waals surface area contributed by atoms with Crippen LogP contribution >= 0.6 is 0 Å². The average molecular weight is 601 g/mol. The van der Waals surface area contributed by atoms with Crippen LogP contribution in [0.3, 0.4) is 0 Å². The maximum absolute atomic E-state index is 13.4. The second kappa shape index (κ2) is 15.3. The van der Waals surface area contributed by atoms with E-state index in [4.69, 9.17) is 23.7 Å². The lowest BCUT2D eigenvalue weighted by Crippen LogP contribution is -2.55. The minimum atomic E-state index is -1.42. The van der Waals surface area contributed by atoms with Gasteiger partial charge in [0.2, 0.25) is 5.91 Å². The van der Waals surface area contributed by atoms with Crippen LogP contribution in [0.1, 0.15) is 66.0 Å². The van der Waals surface area contributed by atoms with E-state index in [0.717, 1.165) is 5.56 Å². The molecule has 0 aliphatic carbocycles. The lowest BCUT2D eigenvalue weighted by Gasteiger charge is -2.29. The minimum Gasteiger partial charge on any atom is -0.497 e. The number of benzene rings is 2. The first kappa shape index (κ1) is 34.9. The number of nitrogens with one attached hydrogen (secondary N) is 2. The van der Waals surface area contributed by atoms with E-state index in [9.17, 15) is 19.2 Å². The van der Waals surface area contributed by atoms with Crippen LogP contribution in [0.2, 0.25) is 0 Å². The van der Waals surface area contributed by atoms with Gasteiger partial charge in [-0.2, -0.15) is 0 Å². The van der Waals surface area contributed by atoms with E-state index in [-0.39, 0.29) is 12.5 Å². The van der Waals surface area contributed by atoms with E-state index in [1.165, 1.54) is 14.2 Å². The molecule has 0 radical (unpaired) electrons. The fourth-order valence-electron chi connectivity index (χ4n) is 3.91. The fraction of sp³-hybridized carbons (Fsp3) is 0.500. The first-order chi connectivity index (χ1) is 20.0. The van der Waals surface area contributed by atoms with Crippen molar-refractivity contribution in [1.82, 2.24) is 10.6 Å². The van der Waals surface area contributed by atoms with E-state index < -0.39 is 53.6 Å². The molecule has 43 heavy (non-hydrogen) atoms. The van der Waals surface area contributed by atoms with Crippen LogP contribution < -0.4 is 20.1 Å². The average Bonchev–Trinajstić information content (AvgIpc) is 2.93. The van der Waals surface area contributed by atoms with E-state index in [2.05, 4.69) is 10.6 Å². The van der Waals surface area contributed by atoms with Gasteiger partial charge in [-0.25, -0.2) is 9.59 Å². The highest BCUT2D eigenvalue weighted by molar-refractivity contribution is 5.92. The molecule has 236 valence electrons. The van der Waals surface area contributed by atoms with Gasteiger partial charge in [0.05, 0.1) is 20.6 Å². The number of rotatable bonds is 13. The van der Waals surface area contributed by atoms with Gasteiger partial charge < -0.3 is 34.3 Å². The first-order valence-electron chi connectivity index (χ1n) is 14.0. The van der Waals surface area contributed by atoms with E-state index in [1.54, 1.807) is 90.9 Å². The Morgan fingerprint density at radius 1 is 0.814 bits per heavy atom. The number of amides is 2. The van der Waals surface area contributed by atoms with Gasteiger partial charge in [0, 0.05) is 11.6 Å². The van der Waals surface area contributed by atoms with Gasteiger partial charge in [0.1, 0.15) is 41.4 Å². The highest BCUT2D eigenvalue weighted by atomic mass is 16.6. The van der Waals surface area contributed by atoms with Crippen molar-refractivity contribution < 1.29 is 42.9 Å². The molecule has 2 atom stereocenters. The van der Waals surface area contributed by atoms with Crippen molar-refractivity contribution >= 4 is 23.9 Å². The molecule has 0 spiro atoms. The normalized spacial score (nSPS) is 12.9. The molecule has 0 saturated heterocycles. The summed E-state index contributed by atoms with van der Waals surface area (Å²) in [5.41, 5.74) is -0.666. The van der Waals surface area contributed by atoms with E-state index in [1.807, 2.05) is 6.07 Å². The maximum atomic E-state index is 13.4. The zero-order valence-corrected chi connectivity index (χ0v) is 26.4. The molecule has 11 nitrogen and oxygen atoms in total. The molecule has 0 aliphatic rings. The van der Waals surface area contributed by atoms with Crippen molar-refractivity contribution in [1.29, 1.82) is 0 Å². The van der Waals surface area contributed by atoms with E-state index >= 15 is 0 Å². The molecule has 2 aromatic rings. The van der Waals surface area contributed by atoms with Crippen LogP contribution in [0.15, 0.2) is 48.5 Å². The third-order valence-corrected chi connectivity index (χ3v) is 6.24. The SMILES string of the molecule is COc1cc(OC)cc(C(C)(C)OC(=O)N[C@@H](CC(=O)OCc2ccccc2)C(=O)N[C@H](C(=O)OC(C)(C)C)C(C)C)c1. The van der Waals surface area contributed by atoms with Crippen molar-refractivity contribution in [3.63, 3.8) is 0 Å². The Labute approximate surface area is 253 Å². The molecular formula is C32H44N2O9. The van der Waals surface area contributed by atoms with Crippen molar-refractivity contribution in [2.75, 3.05) is 14.2 Å². The Morgan fingerprint density at radius 3 is 1.91 bits per heavy atom. The molecule has 0 fully saturated rings. The fourth-order valence-corrected chi connectivity index (χ4v) is 3.91. The molecule has 2 aromatic carbocycles. The predicted molar refractivity (Wildman–Crippen MR) is 159 cm³/mol. The molecule has 0 saturated carbocycles. The molecule has 0 unspecified atom stereocenters. The second-order valence-electron chi connectivity index (χ2n) is 11.8. The third kappa shape index (κ3) is 11.5. The summed E-state index contributed by atoms with van der Waals surface area (Å²) < 4.78 is 27.1. The number of carbonyl (C=O) groups excluding carboxylic acids is 4. The van der Waals surface area contributed by atoms with Gasteiger partial charge in [0.25, 0.3) is 0 Å². The molecule has 2 N–H and O–H groups in total. The van der Waals surface area contributed by atoms with E-state index in [0.29, 0.717) is 17.1 Å². The summed E-state index contributed by atoms with van der Waals surface area (Å²) in [7, 11) is 3.00. The van der Waals surface area contributed by atoms with Crippen LogP contribution in [0, 0.1) is 5.92 Å². The van der Waals surface area contributed by atoms with Crippen LogP contribution in [-0.4, -0.2) is 55.8 Å². The summed E-state index contributed by atoms with van der Waals surface area (Å²) >= 11 is 0. The van der Waals surface area contributed by atoms with Gasteiger partial charge in [-0.3, -0.25) is 9.59 Å². The topological polar surface area (TPSA) is 138 Å². The number of ether oxygens (including phenoxy) is 5. The summed E-state index contributed by atoms with van der Waals surface area (Å²) in [6.07, 6.45) is -1.48. The summed E-state index contributed by atoms with van der Waals surface area (Å²) in [5.74, 6) is -1.52. The molecule has 0 aromatic heterocycles. The largest absolute Gasteiger partial charge is 0.497 e. The number of alkyl carbamates (subject to hydrolysis) is 1. The monoisotopic (exact) mass is 600 g/mol. The molecule has 0 aliphatic heterocycles. The smallest absolute Gasteiger partial charge is 0.408 e. The minimum absolute atomic E-state index is 0.0182. The summed E-state index contributed by atoms with van der Waals surface area (Å²) in [6, 6.07) is 11.6. The van der Waals surface area contributed by atoms with Crippen LogP contribution in [-0.2, 0) is 40.8 Å². The Morgan fingerprint density at radius 2 is 1.40 bits per heavy atom. The first-order valence-corrected chi connectivity index (χ1v) is 14.0. The van der Waals surface area contributed by atoms with Gasteiger partial charge >= 0.3 is 18.0 Å². The quantitative estimate of drug-likeness (QED) is 0.248. The Bertz CT molecular complexity index is 1230. The standard InChI is InChI=1S/C32H44N2O9/c1-20(2)27(29(37)42-31(3,4)5)34-28(36)25(18-26(35)41-19-21-13-11-10-12-14-21)33-30(38)43-32(6,7)22-15-23(39-8)17-24(16-22)40-9/h10-17,20,25,27H,18-19H2,1-9H3,(H,33,38)(H,34,36)/t25-,27-/m0/s1. The lowest BCUT2D eigenvalue weighted by atomic mass is 9.97. The van der Waals surface area contributed by atoms with Crippen molar-refractivity contribution in [3.05, 3.63) is 59.7 Å². The number of carbonyl (C=O) groups is 4. The Balaban J connectivity index is 2.25. The van der Waals surface area contributed by atoms with Crippen molar-refractivity contribution in [2.24, 2.45) is 5.92 Å². The highest BCUT2D eigenvalue weighted by Crippen LogP contribution is 2.32.